The molecule has 1 atom stereocenters. The smallest absolute Gasteiger partial charge is 0.188 e. The van der Waals surface area contributed by atoms with Gasteiger partial charge in [-0.25, -0.2) is 4.99 Å². The Morgan fingerprint density at radius 1 is 1.77 bits per heavy atom. The van der Waals surface area contributed by atoms with E-state index in [1.807, 2.05) is 14.2 Å². The molecule has 0 radical (unpaired) electrons. The summed E-state index contributed by atoms with van der Waals surface area (Å²) in [7, 11) is 1.87. The van der Waals surface area contributed by atoms with Crippen LogP contribution in [0.2, 0.25) is 0 Å². The number of rotatable bonds is 2. The first-order chi connectivity index (χ1) is 6.30. The summed E-state index contributed by atoms with van der Waals surface area (Å²) in [5.74, 6) is 0. The molecular formula is C5H10BIN4S2. The molecule has 8 heteroatoms. The van der Waals surface area contributed by atoms with E-state index in [-0.39, 0.29) is 6.29 Å². The monoisotopic (exact) mass is 328 g/mol. The van der Waals surface area contributed by atoms with E-state index in [9.17, 15) is 0 Å². The van der Waals surface area contributed by atoms with Crippen LogP contribution in [-0.4, -0.2) is 34.6 Å². The minimum Gasteiger partial charge on any atom is -0.331 e. The van der Waals surface area contributed by atoms with Crippen LogP contribution in [-0.2, 0) is 0 Å². The lowest BCUT2D eigenvalue weighted by Gasteiger charge is -2.20. The molecule has 13 heavy (non-hydrogen) atoms. The van der Waals surface area contributed by atoms with Gasteiger partial charge in [-0.15, -0.1) is 0 Å². The van der Waals surface area contributed by atoms with E-state index in [2.05, 4.69) is 43.1 Å². The van der Waals surface area contributed by atoms with Crippen molar-refractivity contribution in [2.24, 2.45) is 9.98 Å². The molecule has 1 heterocycles. The highest BCUT2D eigenvalue weighted by Gasteiger charge is 2.14. The first kappa shape index (κ1) is 11.7. The van der Waals surface area contributed by atoms with Gasteiger partial charge >= 0.3 is 0 Å². The minimum absolute atomic E-state index is 0.0367. The molecule has 0 spiro atoms. The number of alkyl halides is 1. The third-order valence-corrected chi connectivity index (χ3v) is 3.43. The quantitative estimate of drug-likeness (QED) is 0.432. The molecule has 2 N–H and O–H groups in total. The second kappa shape index (κ2) is 6.15. The third kappa shape index (κ3) is 3.68. The van der Waals surface area contributed by atoms with E-state index >= 15 is 0 Å². The molecule has 0 aromatic rings. The Morgan fingerprint density at radius 2 is 2.54 bits per heavy atom. The van der Waals surface area contributed by atoms with Gasteiger partial charge in [0.15, 0.2) is 24.6 Å². The fraction of sp³-hybridized carbons (Fsp3) is 0.600. The van der Waals surface area contributed by atoms with E-state index in [4.69, 9.17) is 0 Å². The largest absolute Gasteiger partial charge is 0.331 e. The maximum atomic E-state index is 4.32. The lowest BCUT2D eigenvalue weighted by atomic mass is 10.4. The van der Waals surface area contributed by atoms with Crippen molar-refractivity contribution >= 4 is 64.4 Å². The second-order valence-electron chi connectivity index (χ2n) is 2.12. The van der Waals surface area contributed by atoms with E-state index in [0.717, 1.165) is 14.1 Å². The molecule has 4 nitrogen and oxygen atoms in total. The molecule has 0 aliphatic carbocycles. The van der Waals surface area contributed by atoms with Crippen LogP contribution in [0, 0.1) is 0 Å². The zero-order chi connectivity index (χ0) is 9.68. The number of thioether (sulfide) groups is 2. The highest BCUT2D eigenvalue weighted by atomic mass is 127. The molecule has 0 bridgehead atoms. The van der Waals surface area contributed by atoms with Gasteiger partial charge < -0.3 is 10.5 Å². The van der Waals surface area contributed by atoms with E-state index in [1.54, 1.807) is 23.5 Å². The van der Waals surface area contributed by atoms with Gasteiger partial charge in [0, 0.05) is 0 Å². The third-order valence-electron chi connectivity index (χ3n) is 1.34. The van der Waals surface area contributed by atoms with Gasteiger partial charge in [0.2, 0.25) is 0 Å². The van der Waals surface area contributed by atoms with Crippen LogP contribution in [0.15, 0.2) is 9.98 Å². The first-order valence-electron chi connectivity index (χ1n) is 3.63. The summed E-state index contributed by atoms with van der Waals surface area (Å²) in [5, 5.41) is 7.98. The summed E-state index contributed by atoms with van der Waals surface area (Å²) in [6.07, 6.45) is 1.94. The summed E-state index contributed by atoms with van der Waals surface area (Å²) in [4.78, 5) is 8.63. The Kier molecular flexibility index (Phi) is 5.52. The van der Waals surface area contributed by atoms with Gasteiger partial charge in [-0.1, -0.05) is 46.1 Å². The van der Waals surface area contributed by atoms with E-state index in [0.29, 0.717) is 0 Å². The van der Waals surface area contributed by atoms with Crippen molar-refractivity contribution in [2.45, 2.75) is 6.29 Å². The molecule has 0 aromatic carbocycles. The van der Waals surface area contributed by atoms with Crippen LogP contribution in [0.4, 0.5) is 0 Å². The zero-order valence-corrected chi connectivity index (χ0v) is 11.2. The molecular weight excluding hydrogens is 318 g/mol. The zero-order valence-electron chi connectivity index (χ0n) is 7.37. The van der Waals surface area contributed by atoms with Crippen LogP contribution in [0.25, 0.3) is 0 Å². The molecule has 0 amide bonds. The average Bonchev–Trinajstić information content (AvgIpc) is 2.17. The summed E-state index contributed by atoms with van der Waals surface area (Å²) < 4.78 is 0.988. The van der Waals surface area contributed by atoms with Crippen LogP contribution < -0.4 is 10.5 Å². The Labute approximate surface area is 101 Å². The summed E-state index contributed by atoms with van der Waals surface area (Å²) >= 11 is 5.55. The van der Waals surface area contributed by atoms with Crippen molar-refractivity contribution < 1.29 is 0 Å². The molecule has 0 saturated heterocycles. The first-order valence-corrected chi connectivity index (χ1v) is 7.36. The Balaban J connectivity index is 2.66. The molecule has 0 fully saturated rings. The van der Waals surface area contributed by atoms with Gasteiger partial charge in [0.1, 0.15) is 0 Å². The number of nitrogens with zero attached hydrogens (tertiary/aromatic N) is 2. The molecule has 1 rings (SSSR count). The van der Waals surface area contributed by atoms with Crippen LogP contribution in [0.5, 0.6) is 0 Å². The fourth-order valence-electron chi connectivity index (χ4n) is 0.768. The number of nitrogens with one attached hydrogen (secondary N) is 2. The molecule has 1 unspecified atom stereocenters. The standard InChI is InChI=1S/C5H10BIN4S2/c1-12-4-8-3(11-6)9-5(10-4)13-2-7/h3,11H,2,6H2,1H3,(H,8,9,10). The number of hydrogen-bond acceptors (Lipinski definition) is 6. The van der Waals surface area contributed by atoms with Crippen molar-refractivity contribution in [2.75, 3.05) is 10.0 Å². The van der Waals surface area contributed by atoms with Crippen molar-refractivity contribution in [1.29, 1.82) is 0 Å². The van der Waals surface area contributed by atoms with Crippen LogP contribution in [0.1, 0.15) is 0 Å². The lowest BCUT2D eigenvalue weighted by molar-refractivity contribution is 0.616. The topological polar surface area (TPSA) is 48.8 Å². The molecule has 1 aliphatic rings. The Morgan fingerprint density at radius 3 is 3.08 bits per heavy atom. The summed E-state index contributed by atoms with van der Waals surface area (Å²) in [5.41, 5.74) is 0. The maximum absolute atomic E-state index is 4.32. The maximum Gasteiger partial charge on any atom is 0.188 e. The lowest BCUT2D eigenvalue weighted by Crippen LogP contribution is -2.44. The number of amidine groups is 2. The summed E-state index contributed by atoms with van der Waals surface area (Å²) in [6.45, 7) is 0. The number of aliphatic imine (C=N–C) groups is 2. The van der Waals surface area contributed by atoms with Gasteiger partial charge in [-0.3, -0.25) is 0 Å². The van der Waals surface area contributed by atoms with Gasteiger partial charge in [0.25, 0.3) is 0 Å². The summed E-state index contributed by atoms with van der Waals surface area (Å²) in [6, 6.07) is 0. The van der Waals surface area contributed by atoms with E-state index < -0.39 is 0 Å². The molecule has 72 valence electrons. The number of hydrogen-bond donors (Lipinski definition) is 2. The predicted octanol–water partition coefficient (Wildman–Crippen LogP) is 0.212. The molecule has 1 aliphatic heterocycles. The second-order valence-corrected chi connectivity index (χ2v) is 5.66. The normalized spacial score (nSPS) is 21.8. The van der Waals surface area contributed by atoms with Crippen LogP contribution in [0.3, 0.4) is 0 Å². The fourth-order valence-corrected chi connectivity index (χ4v) is 2.55. The average molecular weight is 328 g/mol. The van der Waals surface area contributed by atoms with Crippen molar-refractivity contribution in [3.05, 3.63) is 0 Å². The number of halogens is 1. The molecule has 0 aromatic heterocycles. The Hall–Kier alpha value is 0.595. The van der Waals surface area contributed by atoms with Crippen molar-refractivity contribution in [3.63, 3.8) is 0 Å². The van der Waals surface area contributed by atoms with Gasteiger partial charge in [0.05, 0.1) is 3.76 Å². The van der Waals surface area contributed by atoms with Crippen LogP contribution >= 0.6 is 46.1 Å². The van der Waals surface area contributed by atoms with Crippen molar-refractivity contribution in [1.82, 2.24) is 10.5 Å². The van der Waals surface area contributed by atoms with Crippen molar-refractivity contribution in [3.8, 4) is 0 Å². The highest BCUT2D eigenvalue weighted by Crippen LogP contribution is 2.13. The van der Waals surface area contributed by atoms with Gasteiger partial charge in [-0.05, 0) is 6.26 Å². The predicted molar refractivity (Wildman–Crippen MR) is 73.5 cm³/mol. The van der Waals surface area contributed by atoms with E-state index in [1.165, 1.54) is 0 Å². The minimum atomic E-state index is -0.0367. The molecule has 0 saturated carbocycles. The highest BCUT2D eigenvalue weighted by molar-refractivity contribution is 14.1. The Bertz CT molecular complexity index is 235. The SMILES string of the molecule is BNC1N=C(SC)N=C(SCI)N1. The van der Waals surface area contributed by atoms with Gasteiger partial charge in [-0.2, -0.15) is 4.99 Å².